The van der Waals surface area contributed by atoms with Crippen molar-refractivity contribution in [1.82, 2.24) is 0 Å². The van der Waals surface area contributed by atoms with Crippen LogP contribution in [0, 0.1) is 0 Å². The molecule has 10 aliphatic rings. The molecule has 3 nitrogen and oxygen atoms in total. The van der Waals surface area contributed by atoms with Crippen molar-refractivity contribution in [2.75, 3.05) is 0 Å². The molecule has 0 saturated carbocycles. The zero-order valence-electron chi connectivity index (χ0n) is 15.8. The molecule has 10 fully saturated rings. The summed E-state index contributed by atoms with van der Waals surface area (Å²) in [5, 5.41) is 8.68. The Morgan fingerprint density at radius 2 is 1.38 bits per heavy atom. The third kappa shape index (κ3) is 0.184. The second-order valence-electron chi connectivity index (χ2n) is 14.0. The molecule has 4 heteroatoms. The van der Waals surface area contributed by atoms with Gasteiger partial charge in [0, 0.05) is 0 Å². The summed E-state index contributed by atoms with van der Waals surface area (Å²) in [6.07, 6.45) is 7.62. The third-order valence-electron chi connectivity index (χ3n) is 18.9. The van der Waals surface area contributed by atoms with E-state index in [2.05, 4.69) is 13.8 Å². The summed E-state index contributed by atoms with van der Waals surface area (Å²) in [5.41, 5.74) is 0. The van der Waals surface area contributed by atoms with Gasteiger partial charge in [-0.2, -0.15) is 0 Å². The number of ketones is 1. The number of hydrogen-bond donors (Lipinski definition) is 1. The van der Waals surface area contributed by atoms with Crippen LogP contribution in [0.4, 0.5) is 0 Å². The Bertz CT molecular complexity index is 1310. The molecule has 0 aromatic rings. The molecule has 9 atom stereocenters. The fourth-order valence-corrected chi connectivity index (χ4v) is 102. The minimum absolute atomic E-state index is 0.308. The number of hydrogen-bond acceptors (Lipinski definition) is 2. The van der Waals surface area contributed by atoms with Gasteiger partial charge in [-0.05, 0) is 0 Å². The maximum atomic E-state index is 13.7. The van der Waals surface area contributed by atoms with Crippen molar-refractivity contribution in [3.63, 3.8) is 0 Å². The zero-order valence-corrected chi connectivity index (χ0v) is 16.9. The Morgan fingerprint density at radius 1 is 0.808 bits per heavy atom. The Balaban J connectivity index is 0.901. The summed E-state index contributed by atoms with van der Waals surface area (Å²) < 4.78 is 1.86. The second-order valence-corrected chi connectivity index (χ2v) is 37.4. The van der Waals surface area contributed by atoms with E-state index >= 15 is 0 Å². The average molecular weight is 398 g/mol. The van der Waals surface area contributed by atoms with Crippen LogP contribution in [0.3, 0.4) is 0 Å². The first kappa shape index (κ1) is 13.0. The summed E-state index contributed by atoms with van der Waals surface area (Å²) in [7, 11) is 0. The number of Topliss-reactive ketones (excluding diaryl/α,β-unsaturated/α-hetero) is 1. The fourth-order valence-electron chi connectivity index (χ4n) is 21.4. The molecule has 0 bridgehead atoms. The van der Waals surface area contributed by atoms with Crippen molar-refractivity contribution >= 4 is 11.8 Å². The molecule has 10 heterocycles. The number of carbonyl (C=O) groups excluding carboxylic acids is 1. The summed E-state index contributed by atoms with van der Waals surface area (Å²) in [6.45, 7) is 1.91. The number of unbranched alkanes of at least 4 members (excludes halogenated alkanes) is 5. The first-order valence-corrected chi connectivity index (χ1v) is 17.2. The summed E-state index contributed by atoms with van der Waals surface area (Å²) in [4.78, 5) is 32.5. The van der Waals surface area contributed by atoms with E-state index in [1.807, 2.05) is 0 Å². The van der Waals surface area contributed by atoms with E-state index in [-0.39, 0.29) is 0 Å². The van der Waals surface area contributed by atoms with Crippen molar-refractivity contribution in [3.05, 3.63) is 0 Å². The van der Waals surface area contributed by atoms with Gasteiger partial charge in [0.05, 0.1) is 0 Å². The van der Waals surface area contributed by atoms with Gasteiger partial charge >= 0.3 is 145 Å². The van der Waals surface area contributed by atoms with Gasteiger partial charge in [-0.15, -0.1) is 0 Å². The first-order chi connectivity index (χ1) is 12.2. The van der Waals surface area contributed by atoms with E-state index in [0.717, 1.165) is 47.0 Å². The predicted molar refractivity (Wildman–Crippen MR) is 95.3 cm³/mol. The summed E-state index contributed by atoms with van der Waals surface area (Å²) in [5.74, 6) is 0.124. The van der Waals surface area contributed by atoms with Crippen LogP contribution in [0.2, 0.25) is 46.7 Å². The quantitative estimate of drug-likeness (QED) is 0.347. The molecule has 9 unspecified atom stereocenters. The van der Waals surface area contributed by atoms with Crippen molar-refractivity contribution in [2.45, 2.75) is 112 Å². The Labute approximate surface area is 145 Å². The van der Waals surface area contributed by atoms with Gasteiger partial charge in [0.15, 0.2) is 0 Å². The van der Waals surface area contributed by atoms with E-state index in [1.165, 1.54) is 41.7 Å². The fraction of sp³-hybridized carbons (Fsp3) is 0.909. The first-order valence-electron chi connectivity index (χ1n) is 11.1. The van der Waals surface area contributed by atoms with Crippen LogP contribution in [-0.4, -0.2) is 16.9 Å². The molecule has 10 saturated heterocycles. The van der Waals surface area contributed by atoms with Crippen molar-refractivity contribution in [2.24, 2.45) is 0 Å². The van der Waals surface area contributed by atoms with E-state index in [9.17, 15) is 9.59 Å². The van der Waals surface area contributed by atoms with Crippen molar-refractivity contribution in [1.29, 1.82) is 0 Å². The Hall–Kier alpha value is -0.341. The standard InChI is InChI=1S/C16H23O3.C6H7.Fe/c1-13-9-8-10-14(13)15(17)11-6-4-2-3-5-7-12-16(18)19;1-6-4-2-3-5-6;/h8-10H,2-7,11-12H2,1H3,(H,18,19);2-5H,1H3;. The van der Waals surface area contributed by atoms with Crippen LogP contribution in [-0.2, 0) is 16.1 Å². The predicted octanol–water partition coefficient (Wildman–Crippen LogP) is 6.30. The maximum absolute atomic E-state index is 13.7. The van der Waals surface area contributed by atoms with Gasteiger partial charge in [-0.3, -0.25) is 0 Å². The Kier molecular flexibility index (Phi) is 0.723. The molecule has 0 amide bonds. The van der Waals surface area contributed by atoms with Gasteiger partial charge in [0.2, 0.25) is 0 Å². The van der Waals surface area contributed by atoms with Crippen LogP contribution < -0.4 is 0 Å². The number of aliphatic carboxylic acids is 1. The van der Waals surface area contributed by atoms with Crippen LogP contribution in [0.5, 0.6) is 0 Å². The normalized spacial score (nSPS) is 87.5. The molecule has 1 N–H and O–H groups in total. The molecule has 0 aromatic heterocycles. The second kappa shape index (κ2) is 1.45. The topological polar surface area (TPSA) is 54.4 Å². The van der Waals surface area contributed by atoms with E-state index in [1.54, 1.807) is 0 Å². The van der Waals surface area contributed by atoms with Crippen molar-refractivity contribution in [3.8, 4) is 0 Å². The molecular formula is C22H30FeO3. The minimum atomic E-state index is -3.49. The van der Waals surface area contributed by atoms with Crippen LogP contribution >= 0.6 is 0 Å². The van der Waals surface area contributed by atoms with Crippen LogP contribution in [0.15, 0.2) is 0 Å². The van der Waals surface area contributed by atoms with E-state index in [4.69, 9.17) is 5.11 Å². The monoisotopic (exact) mass is 398 g/mol. The number of carboxylic acids is 1. The molecular weight excluding hydrogens is 368 g/mol. The van der Waals surface area contributed by atoms with Gasteiger partial charge in [0.25, 0.3) is 0 Å². The van der Waals surface area contributed by atoms with E-state index < -0.39 is 12.5 Å². The Morgan fingerprint density at radius 3 is 1.73 bits per heavy atom. The number of carbonyl (C=O) groups is 2. The SMILES string of the molecule is C[C]12[CH]3[CH]4[CH]5[CH]1[Fe]45321678[CH]2[CH]1[C]6(C)[C]7(C(=O)CCCCCCCCC(=O)O)[CH]28. The van der Waals surface area contributed by atoms with Gasteiger partial charge in [-0.25, -0.2) is 0 Å². The van der Waals surface area contributed by atoms with E-state index in [0.29, 0.717) is 15.0 Å². The average Bonchev–Trinajstić information content (AvgIpc) is 3.54. The molecule has 10 aliphatic heterocycles. The molecule has 0 aliphatic carbocycles. The summed E-state index contributed by atoms with van der Waals surface area (Å²) >= 11 is 0. The molecule has 10 rings (SSSR count). The van der Waals surface area contributed by atoms with Crippen LogP contribution in [0.25, 0.3) is 0 Å². The number of rotatable bonds is 10. The molecule has 1 spiro atoms. The van der Waals surface area contributed by atoms with Gasteiger partial charge in [0.1, 0.15) is 0 Å². The molecule has 0 radical (unpaired) electrons. The molecule has 144 valence electrons. The van der Waals surface area contributed by atoms with Gasteiger partial charge < -0.3 is 0 Å². The molecule has 26 heavy (non-hydrogen) atoms. The van der Waals surface area contributed by atoms with Crippen molar-refractivity contribution < 1.29 is 21.2 Å². The number of fused-ring (bicyclic) bond motifs is 10. The zero-order chi connectivity index (χ0) is 17.7. The van der Waals surface area contributed by atoms with Crippen LogP contribution in [0.1, 0.15) is 65.2 Å². The molecule has 0 aromatic carbocycles. The van der Waals surface area contributed by atoms with Gasteiger partial charge in [-0.1, -0.05) is 0 Å². The third-order valence-corrected chi connectivity index (χ3v) is 64.9. The number of carboxylic acid groups (broad SMARTS) is 1. The summed E-state index contributed by atoms with van der Waals surface area (Å²) in [6, 6.07) is 0.